The molecule has 0 aromatic rings. The predicted molar refractivity (Wildman–Crippen MR) is 159 cm³/mol. The molecule has 0 radical (unpaired) electrons. The molecule has 0 rings (SSSR count). The van der Waals surface area contributed by atoms with Crippen LogP contribution in [0.1, 0.15) is 40.5 Å². The number of rotatable bonds is 7. The number of carboxylic acid groups (broad SMARTS) is 1. The van der Waals surface area contributed by atoms with E-state index in [4.69, 9.17) is 5.11 Å². The Morgan fingerprint density at radius 2 is 1.08 bits per heavy atom. The number of carboxylic acids is 1. The highest BCUT2D eigenvalue weighted by Crippen LogP contribution is 1.99. The molecule has 0 amide bonds. The summed E-state index contributed by atoms with van der Waals surface area (Å²) in [5, 5.41) is 8.21. The number of hydrogen-bond donors (Lipinski definition) is 1. The standard InChI is InChI=1S/C6H10O2.3C5H8O2.2C3H9N.ClH/c1-3-4-5(2)6(7)8;2*1-4(2)5(6)7-3;1-3-5(6)7-4-2;2*1-4(2)3;/h2-4H2,1H3,(H,7,8);2*1H2,2-3H3;3H,1,4H2,2H3;2*1-3H3;1H. The van der Waals surface area contributed by atoms with Gasteiger partial charge in [0, 0.05) is 22.8 Å². The topological polar surface area (TPSA) is 123 Å². The van der Waals surface area contributed by atoms with Crippen LogP contribution in [-0.2, 0) is 33.4 Å². The highest BCUT2D eigenvalue weighted by Gasteiger charge is 1.99. The molecule has 0 unspecified atom stereocenters. The number of hydrogen-bond acceptors (Lipinski definition) is 9. The Morgan fingerprint density at radius 1 is 0.789 bits per heavy atom. The van der Waals surface area contributed by atoms with E-state index in [1.807, 2.05) is 59.0 Å². The van der Waals surface area contributed by atoms with Crippen molar-refractivity contribution in [3.05, 3.63) is 49.1 Å². The molecule has 38 heavy (non-hydrogen) atoms. The Kier molecular flexibility index (Phi) is 52.4. The first-order valence-electron chi connectivity index (χ1n) is 11.2. The van der Waals surface area contributed by atoms with Gasteiger partial charge < -0.3 is 29.1 Å². The van der Waals surface area contributed by atoms with Gasteiger partial charge in [-0.15, -0.1) is 12.4 Å². The van der Waals surface area contributed by atoms with Crippen molar-refractivity contribution in [2.45, 2.75) is 40.5 Å². The van der Waals surface area contributed by atoms with Gasteiger partial charge in [-0.1, -0.05) is 39.7 Å². The van der Waals surface area contributed by atoms with Crippen molar-refractivity contribution < 1.29 is 38.5 Å². The Labute approximate surface area is 237 Å². The molecule has 10 nitrogen and oxygen atoms in total. The molecule has 0 aromatic heterocycles. The van der Waals surface area contributed by atoms with Gasteiger partial charge in [0.2, 0.25) is 0 Å². The zero-order valence-electron chi connectivity index (χ0n) is 25.6. The number of carbonyl (C=O) groups is 4. The third-order valence-corrected chi connectivity index (χ3v) is 2.38. The molecule has 0 heterocycles. The predicted octanol–water partition coefficient (Wildman–Crippen LogP) is 4.41. The Balaban J connectivity index is -0.0000000614. The van der Waals surface area contributed by atoms with E-state index in [0.29, 0.717) is 29.7 Å². The monoisotopic (exact) mass is 568 g/mol. The van der Waals surface area contributed by atoms with Crippen LogP contribution in [0.15, 0.2) is 49.1 Å². The molecule has 0 aliphatic rings. The van der Waals surface area contributed by atoms with E-state index in [2.05, 4.69) is 40.5 Å². The van der Waals surface area contributed by atoms with Crippen LogP contribution in [-0.4, -0.2) is 102 Å². The van der Waals surface area contributed by atoms with Gasteiger partial charge in [0.25, 0.3) is 0 Å². The van der Waals surface area contributed by atoms with Crippen LogP contribution >= 0.6 is 12.4 Å². The summed E-state index contributed by atoms with van der Waals surface area (Å²) in [6.45, 7) is 20.6. The molecule has 226 valence electrons. The summed E-state index contributed by atoms with van der Waals surface area (Å²) in [6, 6.07) is 0. The second kappa shape index (κ2) is 38.6. The first-order valence-corrected chi connectivity index (χ1v) is 11.2. The molecule has 11 heteroatoms. The maximum Gasteiger partial charge on any atom is 0.332 e. The van der Waals surface area contributed by atoms with Crippen molar-refractivity contribution in [2.75, 3.05) is 63.1 Å². The Bertz CT molecular complexity index is 636. The lowest BCUT2D eigenvalue weighted by molar-refractivity contribution is -0.137. The van der Waals surface area contributed by atoms with Crippen molar-refractivity contribution >= 4 is 36.3 Å². The molecular formula is C27H53ClN2O8. The second-order valence-electron chi connectivity index (χ2n) is 7.84. The Morgan fingerprint density at radius 3 is 1.13 bits per heavy atom. The third-order valence-electron chi connectivity index (χ3n) is 2.38. The van der Waals surface area contributed by atoms with Gasteiger partial charge in [-0.25, -0.2) is 19.2 Å². The summed E-state index contributed by atoms with van der Waals surface area (Å²) in [4.78, 5) is 44.4. The third kappa shape index (κ3) is 76.6. The van der Waals surface area contributed by atoms with Crippen LogP contribution in [0, 0.1) is 0 Å². The van der Waals surface area contributed by atoms with E-state index in [1.165, 1.54) is 14.2 Å². The second-order valence-corrected chi connectivity index (χ2v) is 7.84. The van der Waals surface area contributed by atoms with E-state index in [-0.39, 0.29) is 30.3 Å². The zero-order valence-corrected chi connectivity index (χ0v) is 26.5. The van der Waals surface area contributed by atoms with Crippen molar-refractivity contribution in [3.8, 4) is 0 Å². The molecule has 0 aromatic carbocycles. The summed E-state index contributed by atoms with van der Waals surface area (Å²) in [6.07, 6.45) is 2.59. The average molecular weight is 569 g/mol. The van der Waals surface area contributed by atoms with Crippen molar-refractivity contribution in [2.24, 2.45) is 0 Å². The van der Waals surface area contributed by atoms with Gasteiger partial charge in [-0.2, -0.15) is 0 Å². The number of carbonyl (C=O) groups excluding carboxylic acids is 3. The fourth-order valence-electron chi connectivity index (χ4n) is 0.958. The van der Waals surface area contributed by atoms with E-state index in [0.717, 1.165) is 12.5 Å². The van der Waals surface area contributed by atoms with Crippen LogP contribution < -0.4 is 0 Å². The van der Waals surface area contributed by atoms with E-state index < -0.39 is 5.97 Å². The first-order chi connectivity index (χ1) is 16.8. The maximum absolute atomic E-state index is 10.2. The van der Waals surface area contributed by atoms with Crippen LogP contribution in [0.25, 0.3) is 0 Å². The van der Waals surface area contributed by atoms with E-state index in [9.17, 15) is 19.2 Å². The number of halogens is 1. The highest BCUT2D eigenvalue weighted by atomic mass is 35.5. The normalized spacial score (nSPS) is 7.95. The van der Waals surface area contributed by atoms with Gasteiger partial charge in [-0.05, 0) is 69.5 Å². The van der Waals surface area contributed by atoms with Crippen LogP contribution in [0.3, 0.4) is 0 Å². The van der Waals surface area contributed by atoms with Crippen molar-refractivity contribution in [1.82, 2.24) is 9.80 Å². The SMILES string of the molecule is C=C(C)C(=O)OC.C=C(C)C(=O)OC.C=C(CCC)C(=O)O.C=CC(=O)OCC.CN(C)C.CN(C)C.Cl. The van der Waals surface area contributed by atoms with Gasteiger partial charge in [-0.3, -0.25) is 0 Å². The van der Waals surface area contributed by atoms with Gasteiger partial charge in [0.15, 0.2) is 0 Å². The minimum absolute atomic E-state index is 0. The number of aliphatic carboxylic acids is 1. The summed E-state index contributed by atoms with van der Waals surface area (Å²) in [7, 11) is 14.7. The van der Waals surface area contributed by atoms with Gasteiger partial charge >= 0.3 is 23.9 Å². The summed E-state index contributed by atoms with van der Waals surface area (Å²) < 4.78 is 13.0. The van der Waals surface area contributed by atoms with Gasteiger partial charge in [0.05, 0.1) is 20.8 Å². The number of esters is 3. The highest BCUT2D eigenvalue weighted by molar-refractivity contribution is 5.87. The molecular weight excluding hydrogens is 516 g/mol. The molecule has 0 spiro atoms. The quantitative estimate of drug-likeness (QED) is 0.268. The minimum atomic E-state index is -0.883. The molecule has 1 N–H and O–H groups in total. The minimum Gasteiger partial charge on any atom is -0.478 e. The van der Waals surface area contributed by atoms with Crippen LogP contribution in [0.4, 0.5) is 0 Å². The fraction of sp³-hybridized carbons (Fsp3) is 0.556. The first kappa shape index (κ1) is 51.6. The molecule has 0 saturated carbocycles. The van der Waals surface area contributed by atoms with Crippen molar-refractivity contribution in [3.63, 3.8) is 0 Å². The summed E-state index contributed by atoms with van der Waals surface area (Å²) in [5.74, 6) is -1.94. The Hall–Kier alpha value is -2.95. The maximum atomic E-state index is 10.2. The summed E-state index contributed by atoms with van der Waals surface area (Å²) in [5.41, 5.74) is 1.16. The number of ether oxygens (including phenoxy) is 3. The average Bonchev–Trinajstić information content (AvgIpc) is 2.78. The lowest BCUT2D eigenvalue weighted by atomic mass is 10.2. The molecule has 0 aliphatic heterocycles. The molecule has 0 bridgehead atoms. The zero-order chi connectivity index (χ0) is 31.1. The van der Waals surface area contributed by atoms with Gasteiger partial charge in [0.1, 0.15) is 0 Å². The lowest BCUT2D eigenvalue weighted by Gasteiger charge is -1.92. The van der Waals surface area contributed by atoms with E-state index in [1.54, 1.807) is 20.8 Å². The van der Waals surface area contributed by atoms with Crippen molar-refractivity contribution in [1.29, 1.82) is 0 Å². The lowest BCUT2D eigenvalue weighted by Crippen LogP contribution is -1.99. The smallest absolute Gasteiger partial charge is 0.332 e. The molecule has 0 saturated heterocycles. The van der Waals surface area contributed by atoms with Crippen LogP contribution in [0.2, 0.25) is 0 Å². The van der Waals surface area contributed by atoms with Crippen LogP contribution in [0.5, 0.6) is 0 Å². The number of nitrogens with zero attached hydrogens (tertiary/aromatic N) is 2. The fourth-order valence-corrected chi connectivity index (χ4v) is 0.958. The number of methoxy groups -OCH3 is 2. The summed E-state index contributed by atoms with van der Waals surface area (Å²) >= 11 is 0. The molecule has 0 fully saturated rings. The molecule has 0 aliphatic carbocycles. The molecule has 0 atom stereocenters. The largest absolute Gasteiger partial charge is 0.478 e. The van der Waals surface area contributed by atoms with E-state index >= 15 is 0 Å².